The van der Waals surface area contributed by atoms with E-state index in [1.54, 1.807) is 12.1 Å². The molecule has 16 heavy (non-hydrogen) atoms. The highest BCUT2D eigenvalue weighted by Gasteiger charge is 2.21. The molecule has 0 amide bonds. The first-order chi connectivity index (χ1) is 7.65. The van der Waals surface area contributed by atoms with Gasteiger partial charge in [0.2, 0.25) is 0 Å². The summed E-state index contributed by atoms with van der Waals surface area (Å²) in [5.41, 5.74) is 2.11. The molecule has 0 atom stereocenters. The molecule has 0 saturated heterocycles. The summed E-state index contributed by atoms with van der Waals surface area (Å²) in [6.45, 7) is 0. The Labute approximate surface area is 92.5 Å². The lowest BCUT2D eigenvalue weighted by Crippen LogP contribution is -2.04. The molecule has 84 valence electrons. The summed E-state index contributed by atoms with van der Waals surface area (Å²) in [5.74, 6) is -0.613. The number of carbonyl (C=O) groups excluding carboxylic acids is 1. The van der Waals surface area contributed by atoms with Crippen molar-refractivity contribution in [1.82, 2.24) is 0 Å². The first-order valence-electron chi connectivity index (χ1n) is 4.81. The average molecular weight is 222 g/mol. The molecule has 1 aliphatic rings. The fraction of sp³-hybridized carbons (Fsp3) is 0.250. The summed E-state index contributed by atoms with van der Waals surface area (Å²) in [5, 5.41) is 0. The summed E-state index contributed by atoms with van der Waals surface area (Å²) < 4.78 is 22.9. The van der Waals surface area contributed by atoms with Gasteiger partial charge in [0.05, 0.1) is 14.2 Å². The van der Waals surface area contributed by atoms with Crippen LogP contribution < -0.4 is 4.74 Å². The molecule has 3 nitrogen and oxygen atoms in total. The molecule has 0 spiro atoms. The lowest BCUT2D eigenvalue weighted by Gasteiger charge is -2.04. The molecule has 1 aromatic rings. The van der Waals surface area contributed by atoms with Crippen LogP contribution in [0.4, 0.5) is 4.39 Å². The minimum absolute atomic E-state index is 0.193. The maximum atomic E-state index is 13.4. The van der Waals surface area contributed by atoms with Gasteiger partial charge in [0.25, 0.3) is 0 Å². The van der Waals surface area contributed by atoms with Crippen molar-refractivity contribution < 1.29 is 18.7 Å². The Hall–Kier alpha value is -1.84. The van der Waals surface area contributed by atoms with Crippen molar-refractivity contribution >= 4 is 12.0 Å². The van der Waals surface area contributed by atoms with E-state index < -0.39 is 5.82 Å². The zero-order valence-electron chi connectivity index (χ0n) is 9.04. The molecule has 0 radical (unpaired) electrons. The predicted octanol–water partition coefficient (Wildman–Crippen LogP) is 1.95. The number of halogens is 1. The summed E-state index contributed by atoms with van der Waals surface area (Å²) in [6.07, 6.45) is 2.10. The van der Waals surface area contributed by atoms with Crippen molar-refractivity contribution in [3.63, 3.8) is 0 Å². The van der Waals surface area contributed by atoms with Gasteiger partial charge in [0, 0.05) is 12.0 Å². The van der Waals surface area contributed by atoms with E-state index >= 15 is 0 Å². The second kappa shape index (κ2) is 3.96. The number of carbonyl (C=O) groups is 1. The molecule has 0 bridgehead atoms. The van der Waals surface area contributed by atoms with Crippen LogP contribution in [-0.4, -0.2) is 20.2 Å². The summed E-state index contributed by atoms with van der Waals surface area (Å²) in [4.78, 5) is 11.3. The Bertz CT molecular complexity index is 477. The van der Waals surface area contributed by atoms with Gasteiger partial charge >= 0.3 is 5.97 Å². The fourth-order valence-corrected chi connectivity index (χ4v) is 1.76. The molecular formula is C12H11FO3. The van der Waals surface area contributed by atoms with Crippen molar-refractivity contribution in [3.8, 4) is 5.75 Å². The first kappa shape index (κ1) is 10.7. The molecule has 1 aromatic carbocycles. The Morgan fingerprint density at radius 3 is 2.75 bits per heavy atom. The van der Waals surface area contributed by atoms with Crippen molar-refractivity contribution in [3.05, 3.63) is 34.6 Å². The van der Waals surface area contributed by atoms with Gasteiger partial charge in [-0.3, -0.25) is 0 Å². The number of rotatable bonds is 2. The number of methoxy groups -OCH3 is 2. The van der Waals surface area contributed by atoms with E-state index in [0.717, 1.165) is 5.56 Å². The number of esters is 1. The van der Waals surface area contributed by atoms with Gasteiger partial charge in [-0.05, 0) is 29.3 Å². The molecule has 0 saturated carbocycles. The average Bonchev–Trinajstić information content (AvgIpc) is 2.69. The minimum Gasteiger partial charge on any atom is -0.494 e. The highest BCUT2D eigenvalue weighted by atomic mass is 19.1. The molecule has 0 fully saturated rings. The number of benzene rings is 1. The Kier molecular flexibility index (Phi) is 2.64. The molecule has 0 aliphatic heterocycles. The summed E-state index contributed by atoms with van der Waals surface area (Å²) in [6, 6.07) is 2.97. The fourth-order valence-electron chi connectivity index (χ4n) is 1.76. The standard InChI is InChI=1S/C12H11FO3/c1-15-11-6-8-4-9(12(14)16-2)3-7(8)5-10(11)13/h3,5-6H,4H2,1-2H3. The monoisotopic (exact) mass is 222 g/mol. The van der Waals surface area contributed by atoms with Crippen LogP contribution in [0.1, 0.15) is 11.1 Å². The topological polar surface area (TPSA) is 35.5 Å². The van der Waals surface area contributed by atoms with E-state index in [4.69, 9.17) is 4.74 Å². The third kappa shape index (κ3) is 1.66. The molecule has 0 aromatic heterocycles. The van der Waals surface area contributed by atoms with E-state index in [9.17, 15) is 9.18 Å². The van der Waals surface area contributed by atoms with Crippen molar-refractivity contribution in [1.29, 1.82) is 0 Å². The quantitative estimate of drug-likeness (QED) is 0.717. The van der Waals surface area contributed by atoms with E-state index in [0.29, 0.717) is 17.6 Å². The lowest BCUT2D eigenvalue weighted by molar-refractivity contribution is -0.136. The zero-order chi connectivity index (χ0) is 11.7. The SMILES string of the molecule is COC(=O)C1=Cc2cc(F)c(OC)cc2C1. The van der Waals surface area contributed by atoms with Gasteiger partial charge < -0.3 is 9.47 Å². The minimum atomic E-state index is -0.427. The molecule has 4 heteroatoms. The van der Waals surface area contributed by atoms with Crippen LogP contribution in [0, 0.1) is 5.82 Å². The number of hydrogen-bond acceptors (Lipinski definition) is 3. The van der Waals surface area contributed by atoms with Crippen LogP contribution in [0.3, 0.4) is 0 Å². The van der Waals surface area contributed by atoms with Gasteiger partial charge in [-0.25, -0.2) is 9.18 Å². The molecule has 0 N–H and O–H groups in total. The predicted molar refractivity (Wildman–Crippen MR) is 56.6 cm³/mol. The number of fused-ring (bicyclic) bond motifs is 1. The summed E-state index contributed by atoms with van der Waals surface area (Å²) in [7, 11) is 2.74. The second-order valence-corrected chi connectivity index (χ2v) is 3.52. The molecule has 2 rings (SSSR count). The first-order valence-corrected chi connectivity index (χ1v) is 4.81. The number of hydrogen-bond donors (Lipinski definition) is 0. The van der Waals surface area contributed by atoms with Gasteiger partial charge in [-0.15, -0.1) is 0 Å². The highest BCUT2D eigenvalue weighted by Crippen LogP contribution is 2.30. The van der Waals surface area contributed by atoms with Gasteiger partial charge in [-0.1, -0.05) is 0 Å². The maximum absolute atomic E-state index is 13.4. The third-order valence-corrected chi connectivity index (χ3v) is 2.57. The largest absolute Gasteiger partial charge is 0.494 e. The van der Waals surface area contributed by atoms with Crippen LogP contribution >= 0.6 is 0 Å². The Morgan fingerprint density at radius 1 is 1.38 bits per heavy atom. The Balaban J connectivity index is 2.37. The smallest absolute Gasteiger partial charge is 0.334 e. The van der Waals surface area contributed by atoms with Crippen molar-refractivity contribution in [2.24, 2.45) is 0 Å². The van der Waals surface area contributed by atoms with Crippen molar-refractivity contribution in [2.75, 3.05) is 14.2 Å². The van der Waals surface area contributed by atoms with Crippen LogP contribution in [-0.2, 0) is 16.0 Å². The van der Waals surface area contributed by atoms with Crippen LogP contribution in [0.2, 0.25) is 0 Å². The van der Waals surface area contributed by atoms with Gasteiger partial charge in [-0.2, -0.15) is 0 Å². The molecule has 1 aliphatic carbocycles. The van der Waals surface area contributed by atoms with Gasteiger partial charge in [0.15, 0.2) is 11.6 Å². The van der Waals surface area contributed by atoms with E-state index in [1.165, 1.54) is 20.3 Å². The molecule has 0 heterocycles. The second-order valence-electron chi connectivity index (χ2n) is 3.52. The normalized spacial score (nSPS) is 13.1. The highest BCUT2D eigenvalue weighted by molar-refractivity contribution is 5.96. The van der Waals surface area contributed by atoms with E-state index in [2.05, 4.69) is 4.74 Å². The van der Waals surface area contributed by atoms with Gasteiger partial charge in [0.1, 0.15) is 0 Å². The van der Waals surface area contributed by atoms with Crippen LogP contribution in [0.25, 0.3) is 6.08 Å². The van der Waals surface area contributed by atoms with E-state index in [-0.39, 0.29) is 11.7 Å². The zero-order valence-corrected chi connectivity index (χ0v) is 9.04. The molecular weight excluding hydrogens is 211 g/mol. The van der Waals surface area contributed by atoms with E-state index in [1.807, 2.05) is 0 Å². The van der Waals surface area contributed by atoms with Crippen LogP contribution in [0.15, 0.2) is 17.7 Å². The van der Waals surface area contributed by atoms with Crippen molar-refractivity contribution in [2.45, 2.75) is 6.42 Å². The third-order valence-electron chi connectivity index (χ3n) is 2.57. The van der Waals surface area contributed by atoms with Crippen LogP contribution in [0.5, 0.6) is 5.75 Å². The number of ether oxygens (including phenoxy) is 2. The molecule has 0 unspecified atom stereocenters. The lowest BCUT2D eigenvalue weighted by atomic mass is 10.1. The maximum Gasteiger partial charge on any atom is 0.334 e. The summed E-state index contributed by atoms with van der Waals surface area (Å²) >= 11 is 0. The Morgan fingerprint density at radius 2 is 2.12 bits per heavy atom.